The molecule has 1 atom stereocenters. The van der Waals surface area contributed by atoms with E-state index in [9.17, 15) is 18.3 Å². The standard InChI is InChI=1S/C11H23NO5S/c1-4-17-11(14)5-6-18(15,16)12-8-10(13)7-9(2)3/h9-10,12-13H,4-8H2,1-3H3. The van der Waals surface area contributed by atoms with Gasteiger partial charge in [0.1, 0.15) is 0 Å². The molecule has 0 aromatic carbocycles. The van der Waals surface area contributed by atoms with Crippen LogP contribution in [0.25, 0.3) is 0 Å². The van der Waals surface area contributed by atoms with Gasteiger partial charge >= 0.3 is 5.97 Å². The molecule has 0 aliphatic heterocycles. The Hall–Kier alpha value is -0.660. The van der Waals surface area contributed by atoms with Crippen molar-refractivity contribution in [2.24, 2.45) is 5.92 Å². The van der Waals surface area contributed by atoms with Gasteiger partial charge in [0.05, 0.1) is 24.9 Å². The predicted octanol–water partition coefficient (Wildman–Crippen LogP) is 0.266. The van der Waals surface area contributed by atoms with Gasteiger partial charge in [0, 0.05) is 6.54 Å². The molecule has 0 aromatic heterocycles. The Kier molecular flexibility index (Phi) is 8.13. The largest absolute Gasteiger partial charge is 0.466 e. The molecule has 0 radical (unpaired) electrons. The Labute approximate surface area is 109 Å². The van der Waals surface area contributed by atoms with Crippen LogP contribution in [0.15, 0.2) is 0 Å². The maximum Gasteiger partial charge on any atom is 0.306 e. The molecule has 7 heteroatoms. The highest BCUT2D eigenvalue weighted by atomic mass is 32.2. The second-order valence-electron chi connectivity index (χ2n) is 4.51. The number of nitrogens with one attached hydrogen (secondary N) is 1. The van der Waals surface area contributed by atoms with Gasteiger partial charge in [-0.15, -0.1) is 0 Å². The Morgan fingerprint density at radius 2 is 2.00 bits per heavy atom. The summed E-state index contributed by atoms with van der Waals surface area (Å²) in [6.45, 7) is 5.76. The lowest BCUT2D eigenvalue weighted by Gasteiger charge is -2.13. The van der Waals surface area contributed by atoms with E-state index in [1.807, 2.05) is 13.8 Å². The van der Waals surface area contributed by atoms with Gasteiger partial charge in [-0.05, 0) is 19.3 Å². The fraction of sp³-hybridized carbons (Fsp3) is 0.909. The van der Waals surface area contributed by atoms with Gasteiger partial charge in [0.25, 0.3) is 0 Å². The second kappa shape index (κ2) is 8.44. The lowest BCUT2D eigenvalue weighted by molar-refractivity contribution is -0.142. The fourth-order valence-electron chi connectivity index (χ4n) is 1.37. The highest BCUT2D eigenvalue weighted by Crippen LogP contribution is 2.04. The van der Waals surface area contributed by atoms with Crippen LogP contribution in [0.2, 0.25) is 0 Å². The predicted molar refractivity (Wildman–Crippen MR) is 68.5 cm³/mol. The van der Waals surface area contributed by atoms with Crippen molar-refractivity contribution in [3.05, 3.63) is 0 Å². The van der Waals surface area contributed by atoms with Crippen LogP contribution in [-0.2, 0) is 19.6 Å². The Morgan fingerprint density at radius 1 is 1.39 bits per heavy atom. The van der Waals surface area contributed by atoms with E-state index in [2.05, 4.69) is 9.46 Å². The van der Waals surface area contributed by atoms with Gasteiger partial charge in [-0.1, -0.05) is 13.8 Å². The smallest absolute Gasteiger partial charge is 0.306 e. The summed E-state index contributed by atoms with van der Waals surface area (Å²) in [5, 5.41) is 9.53. The molecule has 0 aliphatic carbocycles. The van der Waals surface area contributed by atoms with Crippen molar-refractivity contribution in [3.63, 3.8) is 0 Å². The molecule has 0 bridgehead atoms. The van der Waals surface area contributed by atoms with Crippen molar-refractivity contribution < 1.29 is 23.1 Å². The number of carbonyl (C=O) groups is 1. The first-order valence-corrected chi connectivity index (χ1v) is 7.73. The zero-order chi connectivity index (χ0) is 14.2. The minimum absolute atomic E-state index is 0.0245. The maximum atomic E-state index is 11.5. The van der Waals surface area contributed by atoms with Crippen LogP contribution in [0, 0.1) is 5.92 Å². The summed E-state index contributed by atoms with van der Waals surface area (Å²) >= 11 is 0. The summed E-state index contributed by atoms with van der Waals surface area (Å²) in [5.41, 5.74) is 0. The maximum absolute atomic E-state index is 11.5. The van der Waals surface area contributed by atoms with Crippen LogP contribution in [-0.4, -0.2) is 44.5 Å². The topological polar surface area (TPSA) is 92.7 Å². The number of esters is 1. The quantitative estimate of drug-likeness (QED) is 0.592. The number of ether oxygens (including phenoxy) is 1. The van der Waals surface area contributed by atoms with Crippen LogP contribution in [0.3, 0.4) is 0 Å². The average Bonchev–Trinajstić information content (AvgIpc) is 2.24. The van der Waals surface area contributed by atoms with Crippen molar-refractivity contribution in [1.82, 2.24) is 4.72 Å². The first kappa shape index (κ1) is 17.3. The lowest BCUT2D eigenvalue weighted by Crippen LogP contribution is -2.34. The first-order chi connectivity index (χ1) is 8.26. The molecule has 2 N–H and O–H groups in total. The van der Waals surface area contributed by atoms with Crippen LogP contribution >= 0.6 is 0 Å². The summed E-state index contributed by atoms with van der Waals surface area (Å²) in [6, 6.07) is 0. The summed E-state index contributed by atoms with van der Waals surface area (Å²) < 4.78 is 29.9. The van der Waals surface area contributed by atoms with Crippen LogP contribution in [0.1, 0.15) is 33.6 Å². The van der Waals surface area contributed by atoms with Gasteiger partial charge in [-0.2, -0.15) is 0 Å². The van der Waals surface area contributed by atoms with Crippen molar-refractivity contribution >= 4 is 16.0 Å². The second-order valence-corrected chi connectivity index (χ2v) is 6.43. The molecule has 0 aliphatic rings. The molecule has 0 saturated carbocycles. The number of hydrogen-bond acceptors (Lipinski definition) is 5. The monoisotopic (exact) mass is 281 g/mol. The molecule has 0 aromatic rings. The first-order valence-electron chi connectivity index (χ1n) is 6.07. The molecule has 0 saturated heterocycles. The van der Waals surface area contributed by atoms with Gasteiger partial charge in [0.2, 0.25) is 10.0 Å². The molecule has 0 heterocycles. The van der Waals surface area contributed by atoms with E-state index in [0.29, 0.717) is 12.3 Å². The van der Waals surface area contributed by atoms with Crippen LogP contribution in [0.4, 0.5) is 0 Å². The molecule has 1 unspecified atom stereocenters. The normalized spacial score (nSPS) is 13.6. The van der Waals surface area contributed by atoms with Crippen molar-refractivity contribution in [2.75, 3.05) is 18.9 Å². The van der Waals surface area contributed by atoms with E-state index in [4.69, 9.17) is 0 Å². The number of hydrogen-bond donors (Lipinski definition) is 2. The van der Waals surface area contributed by atoms with E-state index in [-0.39, 0.29) is 25.3 Å². The number of aliphatic hydroxyl groups is 1. The molecular formula is C11H23NO5S. The van der Waals surface area contributed by atoms with Gasteiger partial charge in [0.15, 0.2) is 0 Å². The SMILES string of the molecule is CCOC(=O)CCS(=O)(=O)NCC(O)CC(C)C. The molecule has 18 heavy (non-hydrogen) atoms. The number of sulfonamides is 1. The Balaban J connectivity index is 3.97. The summed E-state index contributed by atoms with van der Waals surface area (Å²) in [5.74, 6) is -0.560. The van der Waals surface area contributed by atoms with Crippen LogP contribution < -0.4 is 4.72 Å². The minimum atomic E-state index is -3.54. The van der Waals surface area contributed by atoms with Crippen LogP contribution in [0.5, 0.6) is 0 Å². The third-order valence-electron chi connectivity index (χ3n) is 2.16. The number of rotatable bonds is 9. The minimum Gasteiger partial charge on any atom is -0.466 e. The lowest BCUT2D eigenvalue weighted by atomic mass is 10.1. The Bertz CT molecular complexity index is 339. The van der Waals surface area contributed by atoms with Gasteiger partial charge in [-0.25, -0.2) is 13.1 Å². The Morgan fingerprint density at radius 3 is 2.50 bits per heavy atom. The molecule has 6 nitrogen and oxygen atoms in total. The number of carbonyl (C=O) groups excluding carboxylic acids is 1. The van der Waals surface area contributed by atoms with E-state index < -0.39 is 22.1 Å². The van der Waals surface area contributed by atoms with Crippen molar-refractivity contribution in [3.8, 4) is 0 Å². The van der Waals surface area contributed by atoms with Crippen molar-refractivity contribution in [1.29, 1.82) is 0 Å². The van der Waals surface area contributed by atoms with E-state index in [1.165, 1.54) is 0 Å². The fourth-order valence-corrected chi connectivity index (χ4v) is 2.40. The van der Waals surface area contributed by atoms with E-state index >= 15 is 0 Å². The van der Waals surface area contributed by atoms with Gasteiger partial charge < -0.3 is 9.84 Å². The zero-order valence-electron chi connectivity index (χ0n) is 11.2. The third kappa shape index (κ3) is 9.38. The zero-order valence-corrected chi connectivity index (χ0v) is 12.0. The number of aliphatic hydroxyl groups excluding tert-OH is 1. The average molecular weight is 281 g/mol. The molecule has 0 amide bonds. The van der Waals surface area contributed by atoms with E-state index in [0.717, 1.165) is 0 Å². The molecule has 0 spiro atoms. The molecule has 108 valence electrons. The third-order valence-corrected chi connectivity index (χ3v) is 3.51. The van der Waals surface area contributed by atoms with Gasteiger partial charge in [-0.3, -0.25) is 4.79 Å². The molecular weight excluding hydrogens is 258 g/mol. The summed E-state index contributed by atoms with van der Waals surface area (Å²) in [7, 11) is -3.54. The summed E-state index contributed by atoms with van der Waals surface area (Å²) in [4.78, 5) is 11.0. The van der Waals surface area contributed by atoms with Crippen molar-refractivity contribution in [2.45, 2.75) is 39.7 Å². The highest BCUT2D eigenvalue weighted by molar-refractivity contribution is 7.89. The summed E-state index contributed by atoms with van der Waals surface area (Å²) in [6.07, 6.45) is -0.355. The molecule has 0 fully saturated rings. The molecule has 0 rings (SSSR count). The van der Waals surface area contributed by atoms with E-state index in [1.54, 1.807) is 6.92 Å². The highest BCUT2D eigenvalue weighted by Gasteiger charge is 2.16.